The lowest BCUT2D eigenvalue weighted by atomic mass is 10.1. The Bertz CT molecular complexity index is 169. The highest BCUT2D eigenvalue weighted by Gasteiger charge is 2.18. The van der Waals surface area contributed by atoms with E-state index in [0.29, 0.717) is 12.5 Å². The minimum Gasteiger partial charge on any atom is -0.351 e. The molecule has 1 saturated heterocycles. The van der Waals surface area contributed by atoms with Crippen molar-refractivity contribution in [2.24, 2.45) is 5.73 Å². The molecule has 1 unspecified atom stereocenters. The molecule has 0 spiro atoms. The molecule has 0 aromatic rings. The second kappa shape index (κ2) is 5.50. The summed E-state index contributed by atoms with van der Waals surface area (Å²) in [5.41, 5.74) is 5.61. The summed E-state index contributed by atoms with van der Waals surface area (Å²) >= 11 is 1.91. The Labute approximate surface area is 83.8 Å². The number of hydrogen-bond acceptors (Lipinski definition) is 3. The molecule has 0 aromatic heterocycles. The zero-order valence-electron chi connectivity index (χ0n) is 8.08. The van der Waals surface area contributed by atoms with Gasteiger partial charge in [-0.05, 0) is 25.0 Å². The van der Waals surface area contributed by atoms with Crippen LogP contribution in [0.2, 0.25) is 0 Å². The number of carbonyl (C=O) groups excluding carboxylic acids is 1. The lowest BCUT2D eigenvalue weighted by molar-refractivity contribution is -0.123. The fourth-order valence-electron chi connectivity index (χ4n) is 1.35. The van der Waals surface area contributed by atoms with Crippen LogP contribution < -0.4 is 11.1 Å². The van der Waals surface area contributed by atoms with Crippen LogP contribution in [0, 0.1) is 0 Å². The van der Waals surface area contributed by atoms with Crippen LogP contribution in [0.5, 0.6) is 0 Å². The summed E-state index contributed by atoms with van der Waals surface area (Å²) in [7, 11) is 0. The van der Waals surface area contributed by atoms with Crippen LogP contribution in [0.15, 0.2) is 0 Å². The maximum atomic E-state index is 11.4. The van der Waals surface area contributed by atoms with Crippen LogP contribution >= 0.6 is 11.8 Å². The second-order valence-electron chi connectivity index (χ2n) is 3.44. The van der Waals surface area contributed by atoms with E-state index in [9.17, 15) is 4.79 Å². The molecule has 76 valence electrons. The van der Waals surface area contributed by atoms with Crippen molar-refractivity contribution in [3.8, 4) is 0 Å². The van der Waals surface area contributed by atoms with Crippen LogP contribution in [0.3, 0.4) is 0 Å². The largest absolute Gasteiger partial charge is 0.351 e. The van der Waals surface area contributed by atoms with Gasteiger partial charge in [0.15, 0.2) is 0 Å². The smallest absolute Gasteiger partial charge is 0.237 e. The minimum atomic E-state index is -0.327. The molecule has 2 atom stereocenters. The van der Waals surface area contributed by atoms with Gasteiger partial charge in [-0.25, -0.2) is 0 Å². The van der Waals surface area contributed by atoms with Crippen molar-refractivity contribution < 1.29 is 4.79 Å². The molecule has 1 aliphatic rings. The molecule has 1 heterocycles. The molecule has 1 aliphatic heterocycles. The van der Waals surface area contributed by atoms with E-state index in [1.807, 2.05) is 18.7 Å². The van der Waals surface area contributed by atoms with Crippen molar-refractivity contribution in [3.05, 3.63) is 0 Å². The first-order valence-electron chi connectivity index (χ1n) is 4.87. The first-order chi connectivity index (χ1) is 6.24. The summed E-state index contributed by atoms with van der Waals surface area (Å²) in [5.74, 6) is 2.28. The standard InChI is InChI=1S/C9H18N2OS/c1-2-8(10)9(12)11-7-4-3-5-13-6-7/h7-8H,2-6,10H2,1H3,(H,11,12)/t7?,8-/m1/s1. The Hall–Kier alpha value is -0.220. The Kier molecular flexibility index (Phi) is 4.59. The summed E-state index contributed by atoms with van der Waals surface area (Å²) < 4.78 is 0. The fourth-order valence-corrected chi connectivity index (χ4v) is 2.42. The van der Waals surface area contributed by atoms with E-state index in [4.69, 9.17) is 5.73 Å². The maximum Gasteiger partial charge on any atom is 0.237 e. The normalized spacial score (nSPS) is 25.2. The lowest BCUT2D eigenvalue weighted by Gasteiger charge is -2.23. The lowest BCUT2D eigenvalue weighted by Crippen LogP contribution is -2.46. The molecule has 0 aromatic carbocycles. The Balaban J connectivity index is 2.26. The molecule has 13 heavy (non-hydrogen) atoms. The fraction of sp³-hybridized carbons (Fsp3) is 0.889. The van der Waals surface area contributed by atoms with Crippen molar-refractivity contribution in [2.45, 2.75) is 38.3 Å². The summed E-state index contributed by atoms with van der Waals surface area (Å²) in [4.78, 5) is 11.4. The van der Waals surface area contributed by atoms with Crippen LogP contribution in [0.4, 0.5) is 0 Å². The van der Waals surface area contributed by atoms with Gasteiger partial charge in [0.2, 0.25) is 5.91 Å². The summed E-state index contributed by atoms with van der Waals surface area (Å²) in [6.07, 6.45) is 3.03. The average Bonchev–Trinajstić information content (AvgIpc) is 2.18. The Morgan fingerprint density at radius 2 is 2.54 bits per heavy atom. The monoisotopic (exact) mass is 202 g/mol. The quantitative estimate of drug-likeness (QED) is 0.709. The molecule has 1 amide bonds. The van der Waals surface area contributed by atoms with Crippen molar-refractivity contribution in [1.29, 1.82) is 0 Å². The summed E-state index contributed by atoms with van der Waals surface area (Å²) in [6.45, 7) is 1.93. The molecule has 0 radical (unpaired) electrons. The number of amides is 1. The molecule has 0 aliphatic carbocycles. The van der Waals surface area contributed by atoms with Gasteiger partial charge >= 0.3 is 0 Å². The topological polar surface area (TPSA) is 55.1 Å². The van der Waals surface area contributed by atoms with E-state index >= 15 is 0 Å². The van der Waals surface area contributed by atoms with Gasteiger partial charge in [0, 0.05) is 11.8 Å². The third-order valence-electron chi connectivity index (χ3n) is 2.28. The Morgan fingerprint density at radius 1 is 1.77 bits per heavy atom. The maximum absolute atomic E-state index is 11.4. The van der Waals surface area contributed by atoms with Crippen molar-refractivity contribution in [2.75, 3.05) is 11.5 Å². The molecule has 1 fully saturated rings. The molecular weight excluding hydrogens is 184 g/mol. The van der Waals surface area contributed by atoms with E-state index in [-0.39, 0.29) is 11.9 Å². The van der Waals surface area contributed by atoms with Gasteiger partial charge in [0.1, 0.15) is 0 Å². The van der Waals surface area contributed by atoms with Crippen LogP contribution in [0.1, 0.15) is 26.2 Å². The number of thioether (sulfide) groups is 1. The molecular formula is C9H18N2OS. The van der Waals surface area contributed by atoms with Crippen LogP contribution in [-0.2, 0) is 4.79 Å². The van der Waals surface area contributed by atoms with Crippen molar-refractivity contribution >= 4 is 17.7 Å². The van der Waals surface area contributed by atoms with Crippen LogP contribution in [-0.4, -0.2) is 29.5 Å². The van der Waals surface area contributed by atoms with Crippen molar-refractivity contribution in [1.82, 2.24) is 5.32 Å². The van der Waals surface area contributed by atoms with Gasteiger partial charge in [0.05, 0.1) is 6.04 Å². The van der Waals surface area contributed by atoms with Gasteiger partial charge in [-0.2, -0.15) is 11.8 Å². The highest BCUT2D eigenvalue weighted by molar-refractivity contribution is 7.99. The number of rotatable bonds is 3. The molecule has 1 rings (SSSR count). The minimum absolute atomic E-state index is 0.00926. The van der Waals surface area contributed by atoms with Gasteiger partial charge in [-0.1, -0.05) is 6.92 Å². The molecule has 0 bridgehead atoms. The van der Waals surface area contributed by atoms with Crippen LogP contribution in [0.25, 0.3) is 0 Å². The van der Waals surface area contributed by atoms with Crippen molar-refractivity contribution in [3.63, 3.8) is 0 Å². The molecule has 3 N–H and O–H groups in total. The number of carbonyl (C=O) groups is 1. The van der Waals surface area contributed by atoms with E-state index in [0.717, 1.165) is 12.2 Å². The Morgan fingerprint density at radius 3 is 3.08 bits per heavy atom. The summed E-state index contributed by atoms with van der Waals surface area (Å²) in [5, 5.41) is 2.98. The SMILES string of the molecule is CC[C@@H](N)C(=O)NC1CCCSC1. The van der Waals surface area contributed by atoms with E-state index in [1.165, 1.54) is 12.2 Å². The predicted octanol–water partition coefficient (Wildman–Crippen LogP) is 0.735. The molecule has 4 heteroatoms. The summed E-state index contributed by atoms with van der Waals surface area (Å²) in [6, 6.07) is 0.0239. The third kappa shape index (κ3) is 3.56. The predicted molar refractivity (Wildman–Crippen MR) is 56.8 cm³/mol. The first kappa shape index (κ1) is 10.9. The average molecular weight is 202 g/mol. The first-order valence-corrected chi connectivity index (χ1v) is 6.03. The van der Waals surface area contributed by atoms with Gasteiger partial charge < -0.3 is 11.1 Å². The third-order valence-corrected chi connectivity index (χ3v) is 3.50. The molecule has 3 nitrogen and oxygen atoms in total. The number of nitrogens with two attached hydrogens (primary N) is 1. The zero-order valence-corrected chi connectivity index (χ0v) is 8.90. The van der Waals surface area contributed by atoms with Gasteiger partial charge in [-0.15, -0.1) is 0 Å². The van der Waals surface area contributed by atoms with E-state index < -0.39 is 0 Å². The number of nitrogens with one attached hydrogen (secondary N) is 1. The number of hydrogen-bond donors (Lipinski definition) is 2. The molecule has 0 saturated carbocycles. The van der Waals surface area contributed by atoms with E-state index in [1.54, 1.807) is 0 Å². The van der Waals surface area contributed by atoms with Gasteiger partial charge in [0.25, 0.3) is 0 Å². The van der Waals surface area contributed by atoms with E-state index in [2.05, 4.69) is 5.32 Å². The van der Waals surface area contributed by atoms with Gasteiger partial charge in [-0.3, -0.25) is 4.79 Å². The highest BCUT2D eigenvalue weighted by atomic mass is 32.2. The second-order valence-corrected chi connectivity index (χ2v) is 4.59. The highest BCUT2D eigenvalue weighted by Crippen LogP contribution is 2.16. The zero-order chi connectivity index (χ0) is 9.68.